The number of ether oxygens (including phenoxy) is 1. The minimum atomic E-state index is -0.343. The van der Waals surface area contributed by atoms with Gasteiger partial charge in [-0.2, -0.15) is 0 Å². The second-order valence-corrected chi connectivity index (χ2v) is 7.28. The quantitative estimate of drug-likeness (QED) is 0.587. The highest BCUT2D eigenvalue weighted by Gasteiger charge is 2.22. The summed E-state index contributed by atoms with van der Waals surface area (Å²) in [6, 6.07) is 12.2. The molecule has 0 fully saturated rings. The number of aromatic nitrogens is 2. The number of aryl methyl sites for hydroxylation is 1. The second kappa shape index (κ2) is 8.83. The van der Waals surface area contributed by atoms with Gasteiger partial charge < -0.3 is 20.5 Å². The second-order valence-electron chi connectivity index (χ2n) is 7.28. The summed E-state index contributed by atoms with van der Waals surface area (Å²) in [7, 11) is 1.55. The number of carbonyl (C=O) groups is 2. The van der Waals surface area contributed by atoms with E-state index < -0.39 is 0 Å². The Morgan fingerprint density at radius 1 is 1.03 bits per heavy atom. The van der Waals surface area contributed by atoms with Crippen LogP contribution in [0.15, 0.2) is 54.9 Å². The zero-order chi connectivity index (χ0) is 21.8. The smallest absolute Gasteiger partial charge is 0.269 e. The third kappa shape index (κ3) is 4.63. The molecule has 0 saturated heterocycles. The van der Waals surface area contributed by atoms with E-state index in [1.807, 2.05) is 18.2 Å². The molecule has 1 unspecified atom stereocenters. The summed E-state index contributed by atoms with van der Waals surface area (Å²) in [6.07, 6.45) is 5.25. The van der Waals surface area contributed by atoms with E-state index in [-0.39, 0.29) is 35.0 Å². The summed E-state index contributed by atoms with van der Waals surface area (Å²) in [5.41, 5.74) is 2.74. The van der Waals surface area contributed by atoms with Crippen LogP contribution in [0.3, 0.4) is 0 Å². The van der Waals surface area contributed by atoms with Crippen LogP contribution in [-0.2, 0) is 12.8 Å². The molecule has 3 N–H and O–H groups in total. The van der Waals surface area contributed by atoms with Crippen molar-refractivity contribution in [1.82, 2.24) is 20.6 Å². The lowest BCUT2D eigenvalue weighted by Crippen LogP contribution is -2.38. The van der Waals surface area contributed by atoms with Crippen molar-refractivity contribution in [3.05, 3.63) is 77.2 Å². The van der Waals surface area contributed by atoms with E-state index in [0.717, 1.165) is 18.4 Å². The zero-order valence-corrected chi connectivity index (χ0v) is 17.0. The molecule has 4 rings (SSSR count). The molecule has 8 nitrogen and oxygen atoms in total. The van der Waals surface area contributed by atoms with Crippen LogP contribution in [-0.4, -0.2) is 40.0 Å². The van der Waals surface area contributed by atoms with Gasteiger partial charge in [0.25, 0.3) is 11.8 Å². The lowest BCUT2D eigenvalue weighted by Gasteiger charge is -2.26. The number of hydrogen-bond acceptors (Lipinski definition) is 6. The molecule has 0 aliphatic heterocycles. The summed E-state index contributed by atoms with van der Waals surface area (Å²) in [4.78, 5) is 32.1. The number of pyridine rings is 2. The van der Waals surface area contributed by atoms with Gasteiger partial charge in [-0.3, -0.25) is 14.6 Å². The van der Waals surface area contributed by atoms with Crippen LogP contribution in [0.4, 0.5) is 0 Å². The molecule has 8 heteroatoms. The van der Waals surface area contributed by atoms with Gasteiger partial charge >= 0.3 is 0 Å². The molecular formula is C23H22N4O4. The maximum Gasteiger partial charge on any atom is 0.269 e. The Labute approximate surface area is 179 Å². The Morgan fingerprint density at radius 3 is 2.68 bits per heavy atom. The van der Waals surface area contributed by atoms with Crippen LogP contribution in [0.5, 0.6) is 17.4 Å². The lowest BCUT2D eigenvalue weighted by molar-refractivity contribution is 0.0928. The third-order valence-corrected chi connectivity index (χ3v) is 5.20. The molecule has 0 radical (unpaired) electrons. The van der Waals surface area contributed by atoms with Gasteiger partial charge in [0.1, 0.15) is 22.8 Å². The first-order valence-electron chi connectivity index (χ1n) is 9.96. The highest BCUT2D eigenvalue weighted by atomic mass is 16.5. The first-order chi connectivity index (χ1) is 15.0. The fourth-order valence-electron chi connectivity index (χ4n) is 3.62. The van der Waals surface area contributed by atoms with Crippen LogP contribution in [0, 0.1) is 0 Å². The average Bonchev–Trinajstić information content (AvgIpc) is 2.78. The van der Waals surface area contributed by atoms with E-state index in [4.69, 9.17) is 4.74 Å². The fraction of sp³-hybridized carbons (Fsp3) is 0.217. The van der Waals surface area contributed by atoms with E-state index in [9.17, 15) is 14.7 Å². The molecule has 1 aliphatic carbocycles. The molecule has 1 atom stereocenters. The van der Waals surface area contributed by atoms with Crippen LogP contribution < -0.4 is 15.4 Å². The molecule has 158 valence electrons. The van der Waals surface area contributed by atoms with Gasteiger partial charge in [0.05, 0.1) is 0 Å². The molecule has 1 aliphatic rings. The first kappa shape index (κ1) is 20.3. The molecule has 0 bridgehead atoms. The van der Waals surface area contributed by atoms with Crippen molar-refractivity contribution in [3.63, 3.8) is 0 Å². The van der Waals surface area contributed by atoms with Gasteiger partial charge in [0.2, 0.25) is 5.88 Å². The molecule has 1 aromatic carbocycles. The maximum atomic E-state index is 12.5. The minimum Gasteiger partial charge on any atom is -0.493 e. The highest BCUT2D eigenvalue weighted by Crippen LogP contribution is 2.29. The number of aromatic hydroxyl groups is 1. The predicted octanol–water partition coefficient (Wildman–Crippen LogP) is 2.62. The topological polar surface area (TPSA) is 113 Å². The number of nitrogens with one attached hydrogen (secondary N) is 2. The fourth-order valence-corrected chi connectivity index (χ4v) is 3.62. The van der Waals surface area contributed by atoms with Crippen molar-refractivity contribution >= 4 is 11.8 Å². The number of carbonyl (C=O) groups excluding carboxylic acids is 2. The number of amides is 2. The predicted molar refractivity (Wildman–Crippen MR) is 113 cm³/mol. The number of rotatable bonds is 5. The summed E-state index contributed by atoms with van der Waals surface area (Å²) >= 11 is 0. The molecular weight excluding hydrogens is 396 g/mol. The first-order valence-corrected chi connectivity index (χ1v) is 9.96. The van der Waals surface area contributed by atoms with Crippen molar-refractivity contribution in [2.75, 3.05) is 7.05 Å². The van der Waals surface area contributed by atoms with Gasteiger partial charge in [0, 0.05) is 31.5 Å². The SMILES string of the molecule is CNC(=O)c1cc(Oc2ccc3c(c2)CC(NC(=O)c2cccnc2O)CC3)ccn1. The van der Waals surface area contributed by atoms with Crippen LogP contribution in [0.2, 0.25) is 0 Å². The molecule has 2 amide bonds. The van der Waals surface area contributed by atoms with Crippen molar-refractivity contribution in [2.45, 2.75) is 25.3 Å². The van der Waals surface area contributed by atoms with Gasteiger partial charge in [-0.05, 0) is 60.7 Å². The Kier molecular flexibility index (Phi) is 5.79. The largest absolute Gasteiger partial charge is 0.493 e. The van der Waals surface area contributed by atoms with E-state index in [0.29, 0.717) is 17.9 Å². The van der Waals surface area contributed by atoms with E-state index in [1.54, 1.807) is 31.3 Å². The molecule has 3 aromatic rings. The van der Waals surface area contributed by atoms with Crippen molar-refractivity contribution < 1.29 is 19.4 Å². The van der Waals surface area contributed by atoms with Crippen molar-refractivity contribution in [1.29, 1.82) is 0 Å². The molecule has 2 aromatic heterocycles. The Morgan fingerprint density at radius 2 is 1.87 bits per heavy atom. The number of hydrogen-bond donors (Lipinski definition) is 3. The molecule has 0 saturated carbocycles. The minimum absolute atomic E-state index is 0.0596. The number of fused-ring (bicyclic) bond motifs is 1. The monoisotopic (exact) mass is 418 g/mol. The summed E-state index contributed by atoms with van der Waals surface area (Å²) < 4.78 is 5.93. The Hall–Kier alpha value is -3.94. The summed E-state index contributed by atoms with van der Waals surface area (Å²) in [6.45, 7) is 0. The average molecular weight is 418 g/mol. The maximum absolute atomic E-state index is 12.5. The number of nitrogens with zero attached hydrogens (tertiary/aromatic N) is 2. The summed E-state index contributed by atoms with van der Waals surface area (Å²) in [5.74, 6) is 0.255. The van der Waals surface area contributed by atoms with Gasteiger partial charge in [0.15, 0.2) is 0 Å². The molecule has 31 heavy (non-hydrogen) atoms. The van der Waals surface area contributed by atoms with Crippen LogP contribution >= 0.6 is 0 Å². The van der Waals surface area contributed by atoms with Crippen LogP contribution in [0.25, 0.3) is 0 Å². The zero-order valence-electron chi connectivity index (χ0n) is 17.0. The standard InChI is InChI=1S/C23H22N4O4/c1-24-23(30)20-13-18(8-10-25-20)31-17-7-5-14-4-6-16(11-15(14)12-17)27-22(29)19-3-2-9-26-21(19)28/h2-3,5,7-10,12-13,16H,4,6,11H2,1H3,(H,24,30)(H,26,28)(H,27,29). The molecule has 0 spiro atoms. The van der Waals surface area contributed by atoms with E-state index in [2.05, 4.69) is 20.6 Å². The van der Waals surface area contributed by atoms with E-state index >= 15 is 0 Å². The van der Waals surface area contributed by atoms with Crippen LogP contribution in [0.1, 0.15) is 38.4 Å². The van der Waals surface area contributed by atoms with Gasteiger partial charge in [-0.15, -0.1) is 0 Å². The Bertz CT molecular complexity index is 1130. The number of benzene rings is 1. The van der Waals surface area contributed by atoms with Gasteiger partial charge in [-0.1, -0.05) is 6.07 Å². The van der Waals surface area contributed by atoms with E-state index in [1.165, 1.54) is 18.0 Å². The van der Waals surface area contributed by atoms with Crippen molar-refractivity contribution in [3.8, 4) is 17.4 Å². The van der Waals surface area contributed by atoms with Crippen molar-refractivity contribution in [2.24, 2.45) is 0 Å². The van der Waals surface area contributed by atoms with Gasteiger partial charge in [-0.25, -0.2) is 4.98 Å². The third-order valence-electron chi connectivity index (χ3n) is 5.20. The lowest BCUT2D eigenvalue weighted by atomic mass is 9.88. The highest BCUT2D eigenvalue weighted by molar-refractivity contribution is 5.96. The Balaban J connectivity index is 1.46. The normalized spacial score (nSPS) is 14.9. The summed E-state index contributed by atoms with van der Waals surface area (Å²) in [5, 5.41) is 15.3. The molecule has 2 heterocycles.